The SMILES string of the molecule is CCCNC(Cc1ccc(OC)cc1)C(C)CCOC. The lowest BCUT2D eigenvalue weighted by atomic mass is 9.92. The topological polar surface area (TPSA) is 30.5 Å². The maximum absolute atomic E-state index is 5.21. The van der Waals surface area contributed by atoms with Crippen molar-refractivity contribution in [2.24, 2.45) is 5.92 Å². The fraction of sp³-hybridized carbons (Fsp3) is 0.647. The Balaban J connectivity index is 2.61. The molecule has 0 spiro atoms. The lowest BCUT2D eigenvalue weighted by Gasteiger charge is -2.25. The molecule has 0 radical (unpaired) electrons. The van der Waals surface area contributed by atoms with Gasteiger partial charge < -0.3 is 14.8 Å². The molecule has 2 atom stereocenters. The second-order valence-corrected chi connectivity index (χ2v) is 5.37. The van der Waals surface area contributed by atoms with Gasteiger partial charge in [-0.15, -0.1) is 0 Å². The van der Waals surface area contributed by atoms with Crippen LogP contribution in [0, 0.1) is 5.92 Å². The summed E-state index contributed by atoms with van der Waals surface area (Å²) >= 11 is 0. The van der Waals surface area contributed by atoms with E-state index in [-0.39, 0.29) is 0 Å². The Labute approximate surface area is 123 Å². The summed E-state index contributed by atoms with van der Waals surface area (Å²) in [5, 5.41) is 3.67. The monoisotopic (exact) mass is 279 g/mol. The molecule has 0 aliphatic rings. The van der Waals surface area contributed by atoms with E-state index in [9.17, 15) is 0 Å². The molecule has 1 aromatic rings. The normalized spacial score (nSPS) is 14.0. The van der Waals surface area contributed by atoms with E-state index in [4.69, 9.17) is 9.47 Å². The molecular weight excluding hydrogens is 250 g/mol. The highest BCUT2D eigenvalue weighted by Gasteiger charge is 2.16. The predicted octanol–water partition coefficient (Wildman–Crippen LogP) is 3.28. The number of hydrogen-bond donors (Lipinski definition) is 1. The first-order valence-electron chi connectivity index (χ1n) is 7.56. The highest BCUT2D eigenvalue weighted by molar-refractivity contribution is 5.27. The molecule has 2 unspecified atom stereocenters. The molecule has 0 heterocycles. The van der Waals surface area contributed by atoms with E-state index >= 15 is 0 Å². The second-order valence-electron chi connectivity index (χ2n) is 5.37. The second kappa shape index (κ2) is 9.78. The third-order valence-electron chi connectivity index (χ3n) is 3.74. The van der Waals surface area contributed by atoms with E-state index in [1.807, 2.05) is 12.1 Å². The van der Waals surface area contributed by atoms with Crippen molar-refractivity contribution in [1.29, 1.82) is 0 Å². The number of ether oxygens (including phenoxy) is 2. The van der Waals surface area contributed by atoms with Crippen LogP contribution in [-0.4, -0.2) is 33.4 Å². The van der Waals surface area contributed by atoms with Crippen LogP contribution in [0.25, 0.3) is 0 Å². The minimum atomic E-state index is 0.499. The van der Waals surface area contributed by atoms with Crippen LogP contribution < -0.4 is 10.1 Å². The highest BCUT2D eigenvalue weighted by Crippen LogP contribution is 2.17. The number of nitrogens with one attached hydrogen (secondary N) is 1. The molecule has 3 nitrogen and oxygen atoms in total. The average molecular weight is 279 g/mol. The smallest absolute Gasteiger partial charge is 0.118 e. The number of hydrogen-bond acceptors (Lipinski definition) is 3. The zero-order chi connectivity index (χ0) is 14.8. The predicted molar refractivity (Wildman–Crippen MR) is 84.4 cm³/mol. The average Bonchev–Trinajstić information content (AvgIpc) is 2.49. The highest BCUT2D eigenvalue weighted by atomic mass is 16.5. The zero-order valence-corrected chi connectivity index (χ0v) is 13.3. The molecule has 1 aromatic carbocycles. The van der Waals surface area contributed by atoms with Gasteiger partial charge in [0, 0.05) is 19.8 Å². The van der Waals surface area contributed by atoms with Gasteiger partial charge in [-0.2, -0.15) is 0 Å². The van der Waals surface area contributed by atoms with Gasteiger partial charge >= 0.3 is 0 Å². The Morgan fingerprint density at radius 2 is 1.85 bits per heavy atom. The molecule has 0 aliphatic heterocycles. The van der Waals surface area contributed by atoms with Crippen molar-refractivity contribution in [2.45, 2.75) is 39.2 Å². The Hall–Kier alpha value is -1.06. The Morgan fingerprint density at radius 3 is 2.40 bits per heavy atom. The van der Waals surface area contributed by atoms with Crippen LogP contribution in [0.1, 0.15) is 32.3 Å². The van der Waals surface area contributed by atoms with Gasteiger partial charge in [0.25, 0.3) is 0 Å². The summed E-state index contributed by atoms with van der Waals surface area (Å²) in [4.78, 5) is 0. The van der Waals surface area contributed by atoms with Crippen LogP contribution in [0.15, 0.2) is 24.3 Å². The van der Waals surface area contributed by atoms with Gasteiger partial charge in [0.15, 0.2) is 0 Å². The summed E-state index contributed by atoms with van der Waals surface area (Å²) in [5.74, 6) is 1.52. The van der Waals surface area contributed by atoms with Crippen molar-refractivity contribution in [3.8, 4) is 5.75 Å². The van der Waals surface area contributed by atoms with E-state index < -0.39 is 0 Å². The first kappa shape index (κ1) is 17.0. The van der Waals surface area contributed by atoms with E-state index in [0.29, 0.717) is 12.0 Å². The fourth-order valence-electron chi connectivity index (χ4n) is 2.32. The molecule has 0 bridgehead atoms. The van der Waals surface area contributed by atoms with Crippen molar-refractivity contribution in [1.82, 2.24) is 5.32 Å². The molecule has 0 aromatic heterocycles. The summed E-state index contributed by atoms with van der Waals surface area (Å²) in [5.41, 5.74) is 1.35. The third-order valence-corrected chi connectivity index (χ3v) is 3.74. The molecule has 20 heavy (non-hydrogen) atoms. The van der Waals surface area contributed by atoms with Crippen molar-refractivity contribution in [2.75, 3.05) is 27.4 Å². The Bertz CT molecular complexity index is 351. The van der Waals surface area contributed by atoms with E-state index in [1.165, 1.54) is 5.56 Å². The van der Waals surface area contributed by atoms with Gasteiger partial charge in [-0.05, 0) is 49.4 Å². The lowest BCUT2D eigenvalue weighted by Crippen LogP contribution is -2.37. The van der Waals surface area contributed by atoms with Crippen molar-refractivity contribution in [3.05, 3.63) is 29.8 Å². The van der Waals surface area contributed by atoms with Crippen LogP contribution in [0.5, 0.6) is 5.75 Å². The van der Waals surface area contributed by atoms with Crippen LogP contribution in [0.2, 0.25) is 0 Å². The molecule has 0 saturated heterocycles. The van der Waals surface area contributed by atoms with Gasteiger partial charge in [0.05, 0.1) is 7.11 Å². The first-order chi connectivity index (χ1) is 9.71. The quantitative estimate of drug-likeness (QED) is 0.713. The van der Waals surface area contributed by atoms with Gasteiger partial charge in [-0.3, -0.25) is 0 Å². The Morgan fingerprint density at radius 1 is 1.15 bits per heavy atom. The lowest BCUT2D eigenvalue weighted by molar-refractivity contribution is 0.170. The maximum Gasteiger partial charge on any atom is 0.118 e. The van der Waals surface area contributed by atoms with Crippen LogP contribution in [0.3, 0.4) is 0 Å². The van der Waals surface area contributed by atoms with E-state index in [0.717, 1.165) is 38.2 Å². The van der Waals surface area contributed by atoms with Crippen LogP contribution in [-0.2, 0) is 11.2 Å². The van der Waals surface area contributed by atoms with E-state index in [2.05, 4.69) is 31.3 Å². The third kappa shape index (κ3) is 5.93. The first-order valence-corrected chi connectivity index (χ1v) is 7.56. The number of rotatable bonds is 10. The summed E-state index contributed by atoms with van der Waals surface area (Å²) in [6, 6.07) is 8.88. The van der Waals surface area contributed by atoms with Gasteiger partial charge in [0.2, 0.25) is 0 Å². The molecular formula is C17H29NO2. The van der Waals surface area contributed by atoms with Crippen molar-refractivity contribution in [3.63, 3.8) is 0 Å². The minimum Gasteiger partial charge on any atom is -0.497 e. The van der Waals surface area contributed by atoms with Gasteiger partial charge in [-0.25, -0.2) is 0 Å². The Kier molecular flexibility index (Phi) is 8.31. The van der Waals surface area contributed by atoms with Crippen LogP contribution in [0.4, 0.5) is 0 Å². The van der Waals surface area contributed by atoms with Crippen molar-refractivity contribution < 1.29 is 9.47 Å². The standard InChI is InChI=1S/C17H29NO2/c1-5-11-18-17(14(2)10-12-19-3)13-15-6-8-16(20-4)9-7-15/h6-9,14,17-18H,5,10-13H2,1-4H3. The number of methoxy groups -OCH3 is 2. The van der Waals surface area contributed by atoms with Crippen molar-refractivity contribution >= 4 is 0 Å². The van der Waals surface area contributed by atoms with Gasteiger partial charge in [-0.1, -0.05) is 26.0 Å². The van der Waals surface area contributed by atoms with Crippen LogP contribution >= 0.6 is 0 Å². The molecule has 1 N–H and O–H groups in total. The summed E-state index contributed by atoms with van der Waals surface area (Å²) in [6.07, 6.45) is 3.30. The number of benzene rings is 1. The molecule has 114 valence electrons. The fourth-order valence-corrected chi connectivity index (χ4v) is 2.32. The molecule has 0 saturated carbocycles. The summed E-state index contributed by atoms with van der Waals surface area (Å²) in [7, 11) is 3.47. The molecule has 1 rings (SSSR count). The molecule has 0 aliphatic carbocycles. The maximum atomic E-state index is 5.21. The summed E-state index contributed by atoms with van der Waals surface area (Å²) in [6.45, 7) is 6.40. The molecule has 0 amide bonds. The zero-order valence-electron chi connectivity index (χ0n) is 13.3. The summed E-state index contributed by atoms with van der Waals surface area (Å²) < 4.78 is 10.4. The van der Waals surface area contributed by atoms with Gasteiger partial charge in [0.1, 0.15) is 5.75 Å². The molecule has 3 heteroatoms. The molecule has 0 fully saturated rings. The minimum absolute atomic E-state index is 0.499. The largest absolute Gasteiger partial charge is 0.497 e. The van der Waals surface area contributed by atoms with E-state index in [1.54, 1.807) is 14.2 Å².